The van der Waals surface area contributed by atoms with Gasteiger partial charge >= 0.3 is 0 Å². The Kier molecular flexibility index (Phi) is 6.97. The molecule has 0 saturated heterocycles. The van der Waals surface area contributed by atoms with Crippen molar-refractivity contribution in [3.8, 4) is 0 Å². The second kappa shape index (κ2) is 9.04. The summed E-state index contributed by atoms with van der Waals surface area (Å²) in [5.41, 5.74) is 2.67. The van der Waals surface area contributed by atoms with Crippen LogP contribution in [0.2, 0.25) is 0 Å². The van der Waals surface area contributed by atoms with Crippen LogP contribution in [-0.4, -0.2) is 32.0 Å². The van der Waals surface area contributed by atoms with Gasteiger partial charge < -0.3 is 5.32 Å². The van der Waals surface area contributed by atoms with Gasteiger partial charge in [-0.1, -0.05) is 38.1 Å². The molecule has 2 aromatic carbocycles. The lowest BCUT2D eigenvalue weighted by molar-refractivity contribution is -0.385. The summed E-state index contributed by atoms with van der Waals surface area (Å²) in [6, 6.07) is 9.89. The van der Waals surface area contributed by atoms with Gasteiger partial charge in [0.2, 0.25) is 15.9 Å². The van der Waals surface area contributed by atoms with Crippen LogP contribution in [0.15, 0.2) is 36.4 Å². The average molecular weight is 420 g/mol. The number of nitrogens with one attached hydrogen (secondary N) is 1. The van der Waals surface area contributed by atoms with Crippen LogP contribution in [0.5, 0.6) is 0 Å². The fourth-order valence-electron chi connectivity index (χ4n) is 3.17. The predicted octanol–water partition coefficient (Wildman–Crippen LogP) is 3.43. The van der Waals surface area contributed by atoms with E-state index in [1.54, 1.807) is 0 Å². The molecule has 2 rings (SSSR count). The third-order valence-corrected chi connectivity index (χ3v) is 5.82. The number of nitro benzene ring substituents is 1. The summed E-state index contributed by atoms with van der Waals surface area (Å²) in [6.07, 6.45) is 2.39. The number of nitrogens with zero attached hydrogens (tertiary/aromatic N) is 2. The van der Waals surface area contributed by atoms with Gasteiger partial charge in [0.15, 0.2) is 0 Å². The molecule has 0 bridgehead atoms. The van der Waals surface area contributed by atoms with Gasteiger partial charge in [0.25, 0.3) is 5.69 Å². The minimum absolute atomic E-state index is 0.108. The van der Waals surface area contributed by atoms with Crippen molar-refractivity contribution in [2.45, 2.75) is 33.6 Å². The smallest absolute Gasteiger partial charge is 0.274 e. The van der Waals surface area contributed by atoms with E-state index in [0.717, 1.165) is 21.7 Å². The lowest BCUT2D eigenvalue weighted by Crippen LogP contribution is -2.38. The van der Waals surface area contributed by atoms with Crippen molar-refractivity contribution in [2.75, 3.05) is 22.4 Å². The van der Waals surface area contributed by atoms with Crippen LogP contribution in [0.3, 0.4) is 0 Å². The minimum atomic E-state index is -3.85. The van der Waals surface area contributed by atoms with E-state index in [4.69, 9.17) is 0 Å². The first-order valence-electron chi connectivity index (χ1n) is 9.22. The first kappa shape index (κ1) is 22.4. The topological polar surface area (TPSA) is 110 Å². The molecule has 1 amide bonds. The van der Waals surface area contributed by atoms with E-state index >= 15 is 0 Å². The maximum Gasteiger partial charge on any atom is 0.274 e. The summed E-state index contributed by atoms with van der Waals surface area (Å²) in [6.45, 7) is 4.92. The Morgan fingerprint density at radius 1 is 1.10 bits per heavy atom. The average Bonchev–Trinajstić information content (AvgIpc) is 2.65. The number of nitro groups is 1. The highest BCUT2D eigenvalue weighted by Gasteiger charge is 2.26. The molecule has 0 unspecified atom stereocenters. The van der Waals surface area contributed by atoms with Crippen molar-refractivity contribution in [1.29, 1.82) is 0 Å². The zero-order valence-corrected chi connectivity index (χ0v) is 17.7. The maximum absolute atomic E-state index is 12.8. The van der Waals surface area contributed by atoms with Crippen LogP contribution in [0, 0.1) is 17.0 Å². The van der Waals surface area contributed by atoms with Crippen LogP contribution in [0.25, 0.3) is 0 Å². The van der Waals surface area contributed by atoms with Crippen LogP contribution in [-0.2, 0) is 27.7 Å². The van der Waals surface area contributed by atoms with Gasteiger partial charge in [-0.05, 0) is 37.0 Å². The van der Waals surface area contributed by atoms with E-state index in [2.05, 4.69) is 5.32 Å². The number of sulfonamides is 1. The summed E-state index contributed by atoms with van der Waals surface area (Å²) in [7, 11) is -3.85. The fraction of sp³-hybridized carbons (Fsp3) is 0.350. The zero-order chi connectivity index (χ0) is 21.8. The lowest BCUT2D eigenvalue weighted by atomic mass is 10.0. The normalized spacial score (nSPS) is 11.2. The van der Waals surface area contributed by atoms with Gasteiger partial charge in [0.1, 0.15) is 6.54 Å². The number of carbonyl (C=O) groups excluding carboxylic acids is 1. The molecule has 9 heteroatoms. The molecule has 0 aliphatic rings. The van der Waals surface area contributed by atoms with E-state index in [1.807, 2.05) is 32.0 Å². The lowest BCUT2D eigenvalue weighted by Gasteiger charge is -2.24. The molecule has 0 saturated carbocycles. The highest BCUT2D eigenvalue weighted by Crippen LogP contribution is 2.30. The van der Waals surface area contributed by atoms with E-state index in [-0.39, 0.29) is 16.9 Å². The molecule has 0 aromatic heterocycles. The Hall–Kier alpha value is -2.94. The summed E-state index contributed by atoms with van der Waals surface area (Å²) in [4.78, 5) is 23.4. The Morgan fingerprint density at radius 2 is 1.66 bits per heavy atom. The number of anilines is 2. The van der Waals surface area contributed by atoms with Crippen molar-refractivity contribution in [3.05, 3.63) is 63.2 Å². The van der Waals surface area contributed by atoms with E-state index in [0.29, 0.717) is 18.5 Å². The van der Waals surface area contributed by atoms with Crippen LogP contribution in [0.1, 0.15) is 30.5 Å². The summed E-state index contributed by atoms with van der Waals surface area (Å²) >= 11 is 0. The van der Waals surface area contributed by atoms with Crippen LogP contribution >= 0.6 is 0 Å². The molecule has 1 N–H and O–H groups in total. The van der Waals surface area contributed by atoms with E-state index in [1.165, 1.54) is 25.1 Å². The first-order valence-corrected chi connectivity index (χ1v) is 11.1. The third-order valence-electron chi connectivity index (χ3n) is 4.69. The fourth-order valence-corrected chi connectivity index (χ4v) is 4.08. The Bertz CT molecular complexity index is 1010. The molecule has 0 spiro atoms. The molecule has 0 atom stereocenters. The Morgan fingerprint density at radius 3 is 2.14 bits per heavy atom. The number of rotatable bonds is 8. The summed E-state index contributed by atoms with van der Waals surface area (Å²) in [5.74, 6) is -0.517. The molecule has 0 radical (unpaired) electrons. The highest BCUT2D eigenvalue weighted by atomic mass is 32.2. The van der Waals surface area contributed by atoms with Gasteiger partial charge in [-0.3, -0.25) is 19.2 Å². The van der Waals surface area contributed by atoms with Crippen LogP contribution < -0.4 is 9.62 Å². The van der Waals surface area contributed by atoms with E-state index < -0.39 is 27.4 Å². The van der Waals surface area contributed by atoms with Gasteiger partial charge in [0, 0.05) is 11.8 Å². The van der Waals surface area contributed by atoms with Gasteiger partial charge in [0.05, 0.1) is 22.4 Å². The number of hydrogen-bond donors (Lipinski definition) is 1. The van der Waals surface area contributed by atoms with Crippen molar-refractivity contribution >= 4 is 33.0 Å². The number of para-hydroxylation sites is 1. The molecule has 156 valence electrons. The third kappa shape index (κ3) is 5.11. The zero-order valence-electron chi connectivity index (χ0n) is 16.9. The van der Waals surface area contributed by atoms with Crippen molar-refractivity contribution in [2.24, 2.45) is 0 Å². The number of amides is 1. The molecule has 2 aromatic rings. The highest BCUT2D eigenvalue weighted by molar-refractivity contribution is 7.92. The van der Waals surface area contributed by atoms with Gasteiger partial charge in [-0.2, -0.15) is 0 Å². The summed E-state index contributed by atoms with van der Waals surface area (Å²) < 4.78 is 25.6. The number of benzene rings is 2. The Balaban J connectivity index is 2.40. The molecule has 0 fully saturated rings. The largest absolute Gasteiger partial charge is 0.324 e. The Labute approximate surface area is 170 Å². The van der Waals surface area contributed by atoms with Gasteiger partial charge in [-0.15, -0.1) is 0 Å². The predicted molar refractivity (Wildman–Crippen MR) is 114 cm³/mol. The SMILES string of the molecule is CCc1cccc(CC)c1NC(=O)CN(c1cccc([N+](=O)[O-])c1C)S(C)(=O)=O. The number of hydrogen-bond acceptors (Lipinski definition) is 5. The van der Waals surface area contributed by atoms with Crippen LogP contribution in [0.4, 0.5) is 17.1 Å². The number of carbonyl (C=O) groups is 1. The molecular weight excluding hydrogens is 394 g/mol. The summed E-state index contributed by atoms with van der Waals surface area (Å²) in [5, 5.41) is 14.0. The van der Waals surface area contributed by atoms with Crippen molar-refractivity contribution in [1.82, 2.24) is 0 Å². The van der Waals surface area contributed by atoms with Gasteiger partial charge in [-0.25, -0.2) is 8.42 Å². The first-order chi connectivity index (χ1) is 13.6. The second-order valence-corrected chi connectivity index (χ2v) is 8.56. The minimum Gasteiger partial charge on any atom is -0.324 e. The molecule has 8 nitrogen and oxygen atoms in total. The van der Waals surface area contributed by atoms with Crippen molar-refractivity contribution < 1.29 is 18.1 Å². The standard InChI is InChI=1S/C20H25N3O5S/c1-5-15-9-7-10-16(6-2)20(15)21-19(24)13-22(29(4,27)28)17-11-8-12-18(14(17)3)23(25)26/h7-12H,5-6,13H2,1-4H3,(H,21,24). The maximum atomic E-state index is 12.8. The molecular formula is C20H25N3O5S. The van der Waals surface area contributed by atoms with Crippen molar-refractivity contribution in [3.63, 3.8) is 0 Å². The second-order valence-electron chi connectivity index (χ2n) is 6.65. The molecule has 0 heterocycles. The molecule has 29 heavy (non-hydrogen) atoms. The molecule has 0 aliphatic carbocycles. The monoisotopic (exact) mass is 419 g/mol. The van der Waals surface area contributed by atoms with E-state index in [9.17, 15) is 23.3 Å². The number of aryl methyl sites for hydroxylation is 2. The quantitative estimate of drug-likeness (QED) is 0.521. The molecule has 0 aliphatic heterocycles.